The second-order valence-corrected chi connectivity index (χ2v) is 11.1. The van der Waals surface area contributed by atoms with Crippen LogP contribution >= 0.6 is 11.3 Å². The normalized spacial score (nSPS) is 20.0. The highest BCUT2D eigenvalue weighted by Crippen LogP contribution is 2.29. The molecule has 1 atom stereocenters. The molecule has 2 aliphatic heterocycles. The summed E-state index contributed by atoms with van der Waals surface area (Å²) >= 11 is 1.32. The van der Waals surface area contributed by atoms with Crippen molar-refractivity contribution in [1.29, 1.82) is 0 Å². The van der Waals surface area contributed by atoms with Crippen LogP contribution in [0.4, 0.5) is 5.13 Å². The molecule has 0 radical (unpaired) electrons. The highest BCUT2D eigenvalue weighted by atomic mass is 32.2. The second-order valence-electron chi connectivity index (χ2n) is 8.28. The van der Waals surface area contributed by atoms with E-state index in [1.807, 2.05) is 0 Å². The Hall–Kier alpha value is -2.63. The number of nitrogens with one attached hydrogen (secondary N) is 1. The standard InChI is InChI=1S/C22H26N4O5S2/c1-15(27)17-4-2-5-18(14-17)33(30,31)25-11-7-16(8-12-25)21(29)26-10-3-6-19(26)20(28)24-22-23-9-13-32-22/h2,4-5,9,13-14,16,19H,3,6-8,10-12H2,1H3,(H,23,24,28). The van der Waals surface area contributed by atoms with Gasteiger partial charge in [0.15, 0.2) is 10.9 Å². The van der Waals surface area contributed by atoms with Crippen molar-refractivity contribution in [3.8, 4) is 0 Å². The summed E-state index contributed by atoms with van der Waals surface area (Å²) in [4.78, 5) is 43.3. The highest BCUT2D eigenvalue weighted by molar-refractivity contribution is 7.89. The van der Waals surface area contributed by atoms with Crippen molar-refractivity contribution >= 4 is 44.1 Å². The Kier molecular flexibility index (Phi) is 6.91. The molecular formula is C22H26N4O5S2. The third-order valence-electron chi connectivity index (χ3n) is 6.18. The van der Waals surface area contributed by atoms with Crippen LogP contribution in [0.25, 0.3) is 0 Å². The maximum Gasteiger partial charge on any atom is 0.248 e. The van der Waals surface area contributed by atoms with Crippen LogP contribution in [0.15, 0.2) is 40.7 Å². The summed E-state index contributed by atoms with van der Waals surface area (Å²) in [6.45, 7) is 2.34. The molecule has 0 spiro atoms. The maximum atomic E-state index is 13.2. The number of hydrogen-bond donors (Lipinski definition) is 1. The zero-order chi connectivity index (χ0) is 23.6. The topological polar surface area (TPSA) is 117 Å². The van der Waals surface area contributed by atoms with Gasteiger partial charge in [-0.15, -0.1) is 11.3 Å². The fourth-order valence-electron chi connectivity index (χ4n) is 4.38. The van der Waals surface area contributed by atoms with Crippen LogP contribution in [-0.4, -0.2) is 65.9 Å². The molecule has 4 rings (SSSR count). The number of thiazole rings is 1. The molecule has 3 heterocycles. The molecule has 2 aliphatic rings. The average molecular weight is 491 g/mol. The fraction of sp³-hybridized carbons (Fsp3) is 0.455. The Labute approximate surface area is 196 Å². The van der Waals surface area contributed by atoms with Crippen LogP contribution in [0.1, 0.15) is 43.0 Å². The molecule has 1 N–H and O–H groups in total. The summed E-state index contributed by atoms with van der Waals surface area (Å²) in [5, 5.41) is 5.05. The van der Waals surface area contributed by atoms with E-state index in [2.05, 4.69) is 10.3 Å². The van der Waals surface area contributed by atoms with Gasteiger partial charge in [-0.2, -0.15) is 4.31 Å². The SMILES string of the molecule is CC(=O)c1cccc(S(=O)(=O)N2CCC(C(=O)N3CCCC3C(=O)Nc3nccs3)CC2)c1. The van der Waals surface area contributed by atoms with Crippen LogP contribution in [-0.2, 0) is 19.6 Å². The van der Waals surface area contributed by atoms with Crippen molar-refractivity contribution < 1.29 is 22.8 Å². The first-order chi connectivity index (χ1) is 15.8. The molecule has 176 valence electrons. The van der Waals surface area contributed by atoms with Crippen LogP contribution in [0.5, 0.6) is 0 Å². The minimum absolute atomic E-state index is 0.0819. The quantitative estimate of drug-likeness (QED) is 0.622. The molecule has 9 nitrogen and oxygen atoms in total. The summed E-state index contributed by atoms with van der Waals surface area (Å²) in [7, 11) is -3.75. The third-order valence-corrected chi connectivity index (χ3v) is 8.77. The van der Waals surface area contributed by atoms with Crippen LogP contribution in [0.3, 0.4) is 0 Å². The number of carbonyl (C=O) groups excluding carboxylic acids is 3. The molecule has 0 aliphatic carbocycles. The summed E-state index contributed by atoms with van der Waals surface area (Å²) in [6.07, 6.45) is 3.74. The zero-order valence-electron chi connectivity index (χ0n) is 18.3. The number of nitrogens with zero attached hydrogens (tertiary/aromatic N) is 3. The summed E-state index contributed by atoms with van der Waals surface area (Å²) < 4.78 is 27.5. The lowest BCUT2D eigenvalue weighted by Gasteiger charge is -2.34. The minimum Gasteiger partial charge on any atom is -0.330 e. The molecule has 1 unspecified atom stereocenters. The zero-order valence-corrected chi connectivity index (χ0v) is 19.9. The van der Waals surface area contributed by atoms with Crippen molar-refractivity contribution in [3.63, 3.8) is 0 Å². The molecule has 2 amide bonds. The molecule has 2 aromatic rings. The lowest BCUT2D eigenvalue weighted by molar-refractivity contribution is -0.141. The van der Waals surface area contributed by atoms with Gasteiger partial charge in [0.05, 0.1) is 4.90 Å². The fourth-order valence-corrected chi connectivity index (χ4v) is 6.43. The number of piperidine rings is 1. The minimum atomic E-state index is -3.75. The van der Waals surface area contributed by atoms with Gasteiger partial charge >= 0.3 is 0 Å². The Morgan fingerprint density at radius 3 is 2.55 bits per heavy atom. The predicted octanol–water partition coefficient (Wildman–Crippen LogP) is 2.38. The molecule has 1 aromatic carbocycles. The van der Waals surface area contributed by atoms with E-state index in [0.29, 0.717) is 36.5 Å². The van der Waals surface area contributed by atoms with Gasteiger partial charge in [0.25, 0.3) is 0 Å². The van der Waals surface area contributed by atoms with E-state index in [9.17, 15) is 22.8 Å². The van der Waals surface area contributed by atoms with Crippen molar-refractivity contribution in [3.05, 3.63) is 41.4 Å². The van der Waals surface area contributed by atoms with Gasteiger partial charge in [-0.25, -0.2) is 13.4 Å². The maximum absolute atomic E-state index is 13.2. The summed E-state index contributed by atoms with van der Waals surface area (Å²) in [5.41, 5.74) is 0.345. The molecule has 1 aromatic heterocycles. The van der Waals surface area contributed by atoms with E-state index in [4.69, 9.17) is 0 Å². The second kappa shape index (κ2) is 9.70. The van der Waals surface area contributed by atoms with Crippen molar-refractivity contribution in [2.24, 2.45) is 5.92 Å². The highest BCUT2D eigenvalue weighted by Gasteiger charge is 2.39. The molecule has 2 fully saturated rings. The van der Waals surface area contributed by atoms with Gasteiger partial charge in [0.1, 0.15) is 6.04 Å². The van der Waals surface area contributed by atoms with Gasteiger partial charge < -0.3 is 10.2 Å². The van der Waals surface area contributed by atoms with E-state index in [1.54, 1.807) is 28.6 Å². The number of likely N-dealkylation sites (tertiary alicyclic amines) is 1. The number of benzene rings is 1. The third kappa shape index (κ3) is 4.99. The summed E-state index contributed by atoms with van der Waals surface area (Å²) in [5.74, 6) is -0.854. The number of sulfonamides is 1. The van der Waals surface area contributed by atoms with Gasteiger partial charge in [0, 0.05) is 42.7 Å². The Balaban J connectivity index is 1.39. The number of anilines is 1. The van der Waals surface area contributed by atoms with E-state index >= 15 is 0 Å². The summed E-state index contributed by atoms with van der Waals surface area (Å²) in [6, 6.07) is 5.49. The smallest absolute Gasteiger partial charge is 0.248 e. The van der Waals surface area contributed by atoms with Crippen molar-refractivity contribution in [2.45, 2.75) is 43.5 Å². The van der Waals surface area contributed by atoms with E-state index in [-0.39, 0.29) is 41.5 Å². The average Bonchev–Trinajstić information content (AvgIpc) is 3.51. The monoisotopic (exact) mass is 490 g/mol. The van der Waals surface area contributed by atoms with Gasteiger partial charge in [-0.1, -0.05) is 12.1 Å². The number of hydrogen-bond acceptors (Lipinski definition) is 7. The molecule has 11 heteroatoms. The van der Waals surface area contributed by atoms with E-state index in [1.165, 1.54) is 34.7 Å². The number of rotatable bonds is 6. The lowest BCUT2D eigenvalue weighted by atomic mass is 9.96. The number of carbonyl (C=O) groups is 3. The number of Topliss-reactive ketones (excluding diaryl/α,β-unsaturated/α-hetero) is 1. The number of amides is 2. The number of ketones is 1. The van der Waals surface area contributed by atoms with E-state index < -0.39 is 16.1 Å². The van der Waals surface area contributed by atoms with E-state index in [0.717, 1.165) is 6.42 Å². The Morgan fingerprint density at radius 1 is 1.12 bits per heavy atom. The van der Waals surface area contributed by atoms with Gasteiger partial charge in [-0.05, 0) is 44.7 Å². The van der Waals surface area contributed by atoms with Crippen LogP contribution in [0.2, 0.25) is 0 Å². The first-order valence-electron chi connectivity index (χ1n) is 10.9. The Bertz CT molecular complexity index is 1140. The van der Waals surface area contributed by atoms with Gasteiger partial charge in [-0.3, -0.25) is 14.4 Å². The van der Waals surface area contributed by atoms with Gasteiger partial charge in [0.2, 0.25) is 21.8 Å². The largest absolute Gasteiger partial charge is 0.330 e. The van der Waals surface area contributed by atoms with Crippen LogP contribution < -0.4 is 5.32 Å². The molecule has 0 saturated carbocycles. The molecule has 0 bridgehead atoms. The number of aromatic nitrogens is 1. The molecular weight excluding hydrogens is 464 g/mol. The predicted molar refractivity (Wildman–Crippen MR) is 123 cm³/mol. The molecule has 2 saturated heterocycles. The van der Waals surface area contributed by atoms with Crippen LogP contribution in [0, 0.1) is 5.92 Å². The first-order valence-corrected chi connectivity index (χ1v) is 13.2. The molecule has 33 heavy (non-hydrogen) atoms. The Morgan fingerprint density at radius 2 is 1.88 bits per heavy atom. The first kappa shape index (κ1) is 23.5. The van der Waals surface area contributed by atoms with Crippen molar-refractivity contribution in [1.82, 2.24) is 14.2 Å². The van der Waals surface area contributed by atoms with Crippen molar-refractivity contribution in [2.75, 3.05) is 25.0 Å². The lowest BCUT2D eigenvalue weighted by Crippen LogP contribution is -2.48.